The number of rotatable bonds is 12. The van der Waals surface area contributed by atoms with Crippen LogP contribution in [0.5, 0.6) is 0 Å². The van der Waals surface area contributed by atoms with E-state index in [9.17, 15) is 5.11 Å². The zero-order valence-corrected chi connectivity index (χ0v) is 18.9. The summed E-state index contributed by atoms with van der Waals surface area (Å²) in [4.78, 5) is 0. The molecule has 31 heavy (non-hydrogen) atoms. The monoisotopic (exact) mass is 444 g/mol. The molecule has 5 aliphatic rings. The first-order valence-corrected chi connectivity index (χ1v) is 11.6. The molecule has 8 unspecified atom stereocenters. The van der Waals surface area contributed by atoms with Crippen LogP contribution in [0.1, 0.15) is 47.0 Å². The van der Waals surface area contributed by atoms with E-state index in [0.717, 1.165) is 19.3 Å². The van der Waals surface area contributed by atoms with E-state index in [1.54, 1.807) is 0 Å². The van der Waals surface area contributed by atoms with Gasteiger partial charge in [-0.25, -0.2) is 0 Å². The van der Waals surface area contributed by atoms with Crippen LogP contribution in [0.25, 0.3) is 0 Å². The zero-order chi connectivity index (χ0) is 21.8. The van der Waals surface area contributed by atoms with Crippen LogP contribution in [0.3, 0.4) is 0 Å². The van der Waals surface area contributed by atoms with Crippen molar-refractivity contribution in [3.05, 3.63) is 0 Å². The van der Waals surface area contributed by atoms with Gasteiger partial charge in [0, 0.05) is 10.8 Å². The lowest BCUT2D eigenvalue weighted by molar-refractivity contribution is -0.212. The smallest absolute Gasteiger partial charge is 0.184 e. The van der Waals surface area contributed by atoms with Gasteiger partial charge in [-0.3, -0.25) is 0 Å². The minimum atomic E-state index is -0.750. The molecule has 0 aromatic carbocycles. The fourth-order valence-electron chi connectivity index (χ4n) is 4.76. The molecule has 0 radical (unpaired) electrons. The maximum Gasteiger partial charge on any atom is 0.184 e. The van der Waals surface area contributed by atoms with E-state index in [1.165, 1.54) is 0 Å². The molecule has 1 saturated carbocycles. The third-order valence-corrected chi connectivity index (χ3v) is 7.27. The summed E-state index contributed by atoms with van der Waals surface area (Å²) in [5, 5.41) is 11.8. The Balaban J connectivity index is 1.31. The van der Waals surface area contributed by atoms with Crippen molar-refractivity contribution in [3.63, 3.8) is 0 Å². The Bertz CT molecular complexity index is 552. The highest BCUT2D eigenvalue weighted by atomic mass is 16.8. The van der Waals surface area contributed by atoms with Crippen LogP contribution in [-0.2, 0) is 37.9 Å². The topological polar surface area (TPSA) is 107 Å². The molecule has 4 heterocycles. The first-order valence-electron chi connectivity index (χ1n) is 11.6. The van der Waals surface area contributed by atoms with Gasteiger partial charge in [-0.05, 0) is 40.5 Å². The van der Waals surface area contributed by atoms with Crippen LogP contribution in [0, 0.1) is 10.8 Å². The molecule has 0 spiro atoms. The number of epoxide rings is 4. The molecule has 0 aromatic rings. The minimum Gasteiger partial charge on any atom is -0.392 e. The summed E-state index contributed by atoms with van der Waals surface area (Å²) in [6.07, 6.45) is 1.20. The fourth-order valence-corrected chi connectivity index (χ4v) is 4.76. The van der Waals surface area contributed by atoms with Crippen molar-refractivity contribution < 1.29 is 43.0 Å². The van der Waals surface area contributed by atoms with E-state index < -0.39 is 16.9 Å². The van der Waals surface area contributed by atoms with Crippen molar-refractivity contribution in [2.75, 3.05) is 26.4 Å². The first kappa shape index (κ1) is 22.4. The van der Waals surface area contributed by atoms with Crippen molar-refractivity contribution in [3.8, 4) is 0 Å². The lowest BCUT2D eigenvalue weighted by Crippen LogP contribution is -2.59. The Morgan fingerprint density at radius 3 is 1.10 bits per heavy atom. The van der Waals surface area contributed by atoms with Crippen LogP contribution in [0.4, 0.5) is 0 Å². The molecular formula is C22H36O9. The van der Waals surface area contributed by atoms with Gasteiger partial charge in [-0.1, -0.05) is 6.42 Å². The SMILES string of the molecule is CC1OC1OCC1(COC2OC2C)CCCC(COC2OC2C)(COC2OC2C)C1O. The summed E-state index contributed by atoms with van der Waals surface area (Å²) in [6.45, 7) is 9.29. The van der Waals surface area contributed by atoms with E-state index in [2.05, 4.69) is 0 Å². The standard InChI is InChI=1S/C22H36O9/c1-12-16(28-12)24-8-21(9-25-17-13(2)29-17)6-5-7-22(20(21)23,10-26-18-14(3)30-18)11-27-19-15(4)31-19/h12-20,23H,5-11H2,1-4H3. The molecule has 9 heteroatoms. The second-order valence-electron chi connectivity index (χ2n) is 10.1. The van der Waals surface area contributed by atoms with Gasteiger partial charge >= 0.3 is 0 Å². The first-order chi connectivity index (χ1) is 14.8. The summed E-state index contributed by atoms with van der Waals surface area (Å²) in [5.41, 5.74) is -1.21. The van der Waals surface area contributed by atoms with E-state index in [0.29, 0.717) is 26.4 Å². The number of aliphatic hydroxyl groups excluding tert-OH is 1. The predicted octanol–water partition coefficient (Wildman–Crippen LogP) is 1.55. The maximum absolute atomic E-state index is 11.8. The average molecular weight is 445 g/mol. The third kappa shape index (κ3) is 4.95. The second kappa shape index (κ2) is 8.45. The molecule has 1 N–H and O–H groups in total. The second-order valence-corrected chi connectivity index (χ2v) is 10.1. The lowest BCUT2D eigenvalue weighted by atomic mass is 9.60. The molecule has 4 saturated heterocycles. The van der Waals surface area contributed by atoms with E-state index in [4.69, 9.17) is 37.9 Å². The minimum absolute atomic E-state index is 0.0870. The zero-order valence-electron chi connectivity index (χ0n) is 18.9. The van der Waals surface area contributed by atoms with Crippen molar-refractivity contribution in [2.45, 2.75) is 103 Å². The Hall–Kier alpha value is -0.360. The highest BCUT2D eigenvalue weighted by Gasteiger charge is 2.57. The molecule has 1 aliphatic carbocycles. The molecule has 178 valence electrons. The highest BCUT2D eigenvalue weighted by molar-refractivity contribution is 5.03. The van der Waals surface area contributed by atoms with Gasteiger partial charge in [-0.2, -0.15) is 0 Å². The molecule has 5 fully saturated rings. The Kier molecular flexibility index (Phi) is 6.11. The van der Waals surface area contributed by atoms with Crippen LogP contribution >= 0.6 is 0 Å². The fraction of sp³-hybridized carbons (Fsp3) is 1.00. The number of ether oxygens (including phenoxy) is 8. The Morgan fingerprint density at radius 2 is 0.871 bits per heavy atom. The molecule has 8 atom stereocenters. The summed E-state index contributed by atoms with van der Waals surface area (Å²) in [6, 6.07) is 0. The number of hydrogen-bond acceptors (Lipinski definition) is 9. The van der Waals surface area contributed by atoms with E-state index >= 15 is 0 Å². The quantitative estimate of drug-likeness (QED) is 0.449. The van der Waals surface area contributed by atoms with Gasteiger partial charge in [0.2, 0.25) is 0 Å². The van der Waals surface area contributed by atoms with Crippen molar-refractivity contribution in [1.82, 2.24) is 0 Å². The highest BCUT2D eigenvalue weighted by Crippen LogP contribution is 2.50. The van der Waals surface area contributed by atoms with Crippen molar-refractivity contribution >= 4 is 0 Å². The van der Waals surface area contributed by atoms with E-state index in [-0.39, 0.29) is 49.6 Å². The van der Waals surface area contributed by atoms with Gasteiger partial charge in [-0.15, -0.1) is 0 Å². The van der Waals surface area contributed by atoms with Gasteiger partial charge in [0.05, 0.1) is 32.5 Å². The molecule has 0 bridgehead atoms. The lowest BCUT2D eigenvalue weighted by Gasteiger charge is -2.51. The van der Waals surface area contributed by atoms with Gasteiger partial charge in [0.25, 0.3) is 0 Å². The third-order valence-electron chi connectivity index (χ3n) is 7.27. The summed E-state index contributed by atoms with van der Waals surface area (Å²) in [5.74, 6) is 0. The molecule has 5 rings (SSSR count). The Labute approximate surface area is 183 Å². The van der Waals surface area contributed by atoms with Gasteiger partial charge < -0.3 is 43.0 Å². The molecular weight excluding hydrogens is 408 g/mol. The van der Waals surface area contributed by atoms with E-state index in [1.807, 2.05) is 27.7 Å². The summed E-state index contributed by atoms with van der Waals surface area (Å²) >= 11 is 0. The molecule has 4 aliphatic heterocycles. The molecule has 0 aromatic heterocycles. The normalized spacial score (nSPS) is 52.7. The predicted molar refractivity (Wildman–Crippen MR) is 106 cm³/mol. The van der Waals surface area contributed by atoms with Crippen LogP contribution < -0.4 is 0 Å². The van der Waals surface area contributed by atoms with Crippen molar-refractivity contribution in [2.24, 2.45) is 10.8 Å². The largest absolute Gasteiger partial charge is 0.392 e. The summed E-state index contributed by atoms with van der Waals surface area (Å²) < 4.78 is 45.9. The van der Waals surface area contributed by atoms with Crippen LogP contribution in [-0.4, -0.2) is 87.2 Å². The van der Waals surface area contributed by atoms with Crippen LogP contribution in [0.2, 0.25) is 0 Å². The number of aliphatic hydroxyl groups is 1. The van der Waals surface area contributed by atoms with Gasteiger partial charge in [0.15, 0.2) is 25.2 Å². The van der Waals surface area contributed by atoms with Gasteiger partial charge in [0.1, 0.15) is 24.4 Å². The van der Waals surface area contributed by atoms with Crippen molar-refractivity contribution in [1.29, 1.82) is 0 Å². The van der Waals surface area contributed by atoms with Crippen LogP contribution in [0.15, 0.2) is 0 Å². The maximum atomic E-state index is 11.8. The molecule has 0 amide bonds. The number of hydrogen-bond donors (Lipinski definition) is 1. The summed E-state index contributed by atoms with van der Waals surface area (Å²) in [7, 11) is 0. The average Bonchev–Trinajstić information content (AvgIpc) is 3.59. The Morgan fingerprint density at radius 1 is 0.613 bits per heavy atom. The molecule has 9 nitrogen and oxygen atoms in total.